The van der Waals surface area contributed by atoms with Crippen molar-refractivity contribution in [2.24, 2.45) is 7.05 Å². The third-order valence-corrected chi connectivity index (χ3v) is 5.23. The Balaban J connectivity index is 1.33. The molecule has 2 saturated heterocycles. The summed E-state index contributed by atoms with van der Waals surface area (Å²) < 4.78 is 7.33. The van der Waals surface area contributed by atoms with Crippen molar-refractivity contribution in [1.82, 2.24) is 24.6 Å². The lowest BCUT2D eigenvalue weighted by Gasteiger charge is -2.25. The third kappa shape index (κ3) is 3.17. The molecule has 27 heavy (non-hydrogen) atoms. The molecule has 1 N–H and O–H groups in total. The van der Waals surface area contributed by atoms with E-state index in [-0.39, 0.29) is 5.91 Å². The summed E-state index contributed by atoms with van der Waals surface area (Å²) in [4.78, 5) is 23.4. The predicted molar refractivity (Wildman–Crippen MR) is 100 cm³/mol. The SMILES string of the molecule is Cn1cc(-c2cc3cc(NC(=O)CN4C[C@@H]5C[C@H]4CO5)ncc3cn2)cn1. The van der Waals surface area contributed by atoms with Crippen molar-refractivity contribution in [3.63, 3.8) is 0 Å². The minimum Gasteiger partial charge on any atom is -0.375 e. The number of hydrogen-bond acceptors (Lipinski definition) is 6. The third-order valence-electron chi connectivity index (χ3n) is 5.23. The Kier molecular flexibility index (Phi) is 3.87. The van der Waals surface area contributed by atoms with Gasteiger partial charge in [0.2, 0.25) is 5.91 Å². The van der Waals surface area contributed by atoms with E-state index in [0.29, 0.717) is 24.5 Å². The molecule has 138 valence electrons. The number of hydrogen-bond donors (Lipinski definition) is 1. The number of carbonyl (C=O) groups is 1. The highest BCUT2D eigenvalue weighted by atomic mass is 16.5. The van der Waals surface area contributed by atoms with Gasteiger partial charge >= 0.3 is 0 Å². The molecule has 8 heteroatoms. The lowest BCUT2D eigenvalue weighted by atomic mass is 10.1. The molecule has 3 aromatic rings. The Morgan fingerprint density at radius 1 is 1.26 bits per heavy atom. The molecule has 5 rings (SSSR count). The van der Waals surface area contributed by atoms with Crippen LogP contribution in [0.1, 0.15) is 6.42 Å². The fourth-order valence-electron chi connectivity index (χ4n) is 3.86. The highest BCUT2D eigenvalue weighted by Gasteiger charge is 2.39. The molecule has 2 bridgehead atoms. The first-order valence-electron chi connectivity index (χ1n) is 9.04. The molecular formula is C19H20N6O2. The summed E-state index contributed by atoms with van der Waals surface area (Å²) in [7, 11) is 1.88. The largest absolute Gasteiger partial charge is 0.375 e. The van der Waals surface area contributed by atoms with Gasteiger partial charge in [-0.25, -0.2) is 4.98 Å². The number of nitrogens with zero attached hydrogens (tertiary/aromatic N) is 5. The molecule has 5 heterocycles. The number of fused-ring (bicyclic) bond motifs is 3. The Morgan fingerprint density at radius 2 is 2.15 bits per heavy atom. The lowest BCUT2D eigenvalue weighted by molar-refractivity contribution is -0.118. The van der Waals surface area contributed by atoms with Crippen molar-refractivity contribution in [1.29, 1.82) is 0 Å². The molecule has 2 aliphatic rings. The molecule has 2 atom stereocenters. The molecule has 0 radical (unpaired) electrons. The average molecular weight is 364 g/mol. The topological polar surface area (TPSA) is 85.2 Å². The molecule has 0 aromatic carbocycles. The molecule has 8 nitrogen and oxygen atoms in total. The van der Waals surface area contributed by atoms with Gasteiger partial charge in [0.25, 0.3) is 0 Å². The van der Waals surface area contributed by atoms with Crippen LogP contribution in [0.25, 0.3) is 22.0 Å². The number of anilines is 1. The van der Waals surface area contributed by atoms with Crippen LogP contribution in [0.4, 0.5) is 5.82 Å². The number of amides is 1. The molecule has 0 aliphatic carbocycles. The number of likely N-dealkylation sites (tertiary alicyclic amines) is 1. The number of morpholine rings is 1. The van der Waals surface area contributed by atoms with Gasteiger partial charge in [-0.05, 0) is 23.9 Å². The normalized spacial score (nSPS) is 21.8. The number of rotatable bonds is 4. The average Bonchev–Trinajstić information content (AvgIpc) is 3.38. The zero-order valence-corrected chi connectivity index (χ0v) is 15.0. The van der Waals surface area contributed by atoms with E-state index in [1.54, 1.807) is 23.3 Å². The van der Waals surface area contributed by atoms with E-state index in [9.17, 15) is 4.79 Å². The summed E-state index contributed by atoms with van der Waals surface area (Å²) >= 11 is 0. The van der Waals surface area contributed by atoms with Crippen molar-refractivity contribution < 1.29 is 9.53 Å². The van der Waals surface area contributed by atoms with Crippen LogP contribution in [-0.2, 0) is 16.6 Å². The number of aromatic nitrogens is 4. The van der Waals surface area contributed by atoms with E-state index in [0.717, 1.165) is 41.6 Å². The van der Waals surface area contributed by atoms with Crippen molar-refractivity contribution in [3.05, 3.63) is 36.9 Å². The number of pyridine rings is 2. The standard InChI is InChI=1S/C19H20N6O2/c1-24-8-14(7-22-24)17-2-12-3-18(21-6-13(12)5-20-17)23-19(26)10-25-9-16-4-15(25)11-27-16/h2-3,5-8,15-16H,4,9-11H2,1H3,(H,21,23,26)/t15-,16-/m0/s1. The van der Waals surface area contributed by atoms with Gasteiger partial charge in [-0.3, -0.25) is 19.4 Å². The van der Waals surface area contributed by atoms with Gasteiger partial charge in [0.1, 0.15) is 5.82 Å². The molecule has 2 fully saturated rings. The maximum absolute atomic E-state index is 12.4. The Bertz CT molecular complexity index is 1020. The van der Waals surface area contributed by atoms with Crippen LogP contribution in [0.3, 0.4) is 0 Å². The monoisotopic (exact) mass is 364 g/mol. The van der Waals surface area contributed by atoms with Gasteiger partial charge < -0.3 is 10.1 Å². The van der Waals surface area contributed by atoms with E-state index in [1.165, 1.54) is 0 Å². The second-order valence-corrected chi connectivity index (χ2v) is 7.21. The van der Waals surface area contributed by atoms with E-state index >= 15 is 0 Å². The van der Waals surface area contributed by atoms with Gasteiger partial charge in [-0.15, -0.1) is 0 Å². The number of carbonyl (C=O) groups excluding carboxylic acids is 1. The summed E-state index contributed by atoms with van der Waals surface area (Å²) in [6.45, 7) is 1.95. The van der Waals surface area contributed by atoms with E-state index in [4.69, 9.17) is 4.74 Å². The Labute approximate surface area is 156 Å². The van der Waals surface area contributed by atoms with Crippen molar-refractivity contribution in [2.75, 3.05) is 25.0 Å². The molecule has 3 aromatic heterocycles. The van der Waals surface area contributed by atoms with Crippen LogP contribution in [0, 0.1) is 0 Å². The van der Waals surface area contributed by atoms with E-state index < -0.39 is 0 Å². The molecule has 2 aliphatic heterocycles. The Morgan fingerprint density at radius 3 is 2.89 bits per heavy atom. The van der Waals surface area contributed by atoms with Crippen LogP contribution in [0.2, 0.25) is 0 Å². The van der Waals surface area contributed by atoms with Gasteiger partial charge in [0.05, 0.1) is 31.1 Å². The fraction of sp³-hybridized carbons (Fsp3) is 0.368. The van der Waals surface area contributed by atoms with Crippen LogP contribution in [0.15, 0.2) is 36.9 Å². The van der Waals surface area contributed by atoms with Crippen LogP contribution >= 0.6 is 0 Å². The van der Waals surface area contributed by atoms with Crippen LogP contribution in [0.5, 0.6) is 0 Å². The molecule has 0 spiro atoms. The quantitative estimate of drug-likeness (QED) is 0.754. The molecule has 0 saturated carbocycles. The Hall–Kier alpha value is -2.84. The fourth-order valence-corrected chi connectivity index (χ4v) is 3.86. The first kappa shape index (κ1) is 16.3. The summed E-state index contributed by atoms with van der Waals surface area (Å²) in [5.41, 5.74) is 1.79. The van der Waals surface area contributed by atoms with Crippen LogP contribution in [-0.4, -0.2) is 62.4 Å². The predicted octanol–water partition coefficient (Wildman–Crippen LogP) is 1.44. The van der Waals surface area contributed by atoms with E-state index in [2.05, 4.69) is 25.3 Å². The molecule has 1 amide bonds. The minimum absolute atomic E-state index is 0.0454. The number of ether oxygens (including phenoxy) is 1. The smallest absolute Gasteiger partial charge is 0.239 e. The maximum atomic E-state index is 12.4. The summed E-state index contributed by atoms with van der Waals surface area (Å²) in [6, 6.07) is 4.24. The maximum Gasteiger partial charge on any atom is 0.239 e. The number of aryl methyl sites for hydroxylation is 1. The summed E-state index contributed by atoms with van der Waals surface area (Å²) in [5.74, 6) is 0.507. The van der Waals surface area contributed by atoms with Crippen molar-refractivity contribution >= 4 is 22.5 Å². The van der Waals surface area contributed by atoms with Gasteiger partial charge in [0, 0.05) is 49.2 Å². The van der Waals surface area contributed by atoms with Crippen LogP contribution < -0.4 is 5.32 Å². The van der Waals surface area contributed by atoms with Gasteiger partial charge in [-0.1, -0.05) is 0 Å². The number of nitrogens with one attached hydrogen (secondary N) is 1. The van der Waals surface area contributed by atoms with Gasteiger partial charge in [-0.2, -0.15) is 5.10 Å². The highest BCUT2D eigenvalue weighted by molar-refractivity contribution is 5.94. The molecular weight excluding hydrogens is 344 g/mol. The zero-order valence-electron chi connectivity index (χ0n) is 15.0. The second-order valence-electron chi connectivity index (χ2n) is 7.21. The second kappa shape index (κ2) is 6.40. The first-order valence-corrected chi connectivity index (χ1v) is 9.04. The summed E-state index contributed by atoms with van der Waals surface area (Å²) in [6.07, 6.45) is 8.55. The van der Waals surface area contributed by atoms with Crippen molar-refractivity contribution in [2.45, 2.75) is 18.6 Å². The van der Waals surface area contributed by atoms with E-state index in [1.807, 2.05) is 25.4 Å². The molecule has 0 unspecified atom stereocenters. The zero-order chi connectivity index (χ0) is 18.4. The lowest BCUT2D eigenvalue weighted by Crippen LogP contribution is -2.41. The van der Waals surface area contributed by atoms with Crippen molar-refractivity contribution in [3.8, 4) is 11.3 Å². The van der Waals surface area contributed by atoms with Gasteiger partial charge in [0.15, 0.2) is 0 Å². The minimum atomic E-state index is -0.0454. The summed E-state index contributed by atoms with van der Waals surface area (Å²) in [5, 5.41) is 9.00. The highest BCUT2D eigenvalue weighted by Crippen LogP contribution is 2.27. The first-order chi connectivity index (χ1) is 13.1.